The van der Waals surface area contributed by atoms with Gasteiger partial charge in [0.1, 0.15) is 11.5 Å². The lowest BCUT2D eigenvalue weighted by Crippen LogP contribution is -2.05. The van der Waals surface area contributed by atoms with Gasteiger partial charge in [-0.15, -0.1) is 0 Å². The van der Waals surface area contributed by atoms with E-state index >= 15 is 0 Å². The molecule has 0 unspecified atom stereocenters. The molecule has 4 rings (SSSR count). The van der Waals surface area contributed by atoms with E-state index in [0.29, 0.717) is 17.0 Å². The van der Waals surface area contributed by atoms with Crippen LogP contribution in [0.1, 0.15) is 27.6 Å². The Bertz CT molecular complexity index is 1210. The highest BCUT2D eigenvalue weighted by atomic mass is 79.9. The summed E-state index contributed by atoms with van der Waals surface area (Å²) in [4.78, 5) is 17.9. The summed E-state index contributed by atoms with van der Waals surface area (Å²) in [5.74, 6) is 1.37. The molecule has 0 spiro atoms. The number of carbonyl (C=O) groups excluding carboxylic acids is 1. The molecule has 0 N–H and O–H groups in total. The van der Waals surface area contributed by atoms with Gasteiger partial charge < -0.3 is 4.42 Å². The molecule has 0 aliphatic rings. The first-order valence-electron chi connectivity index (χ1n) is 8.97. The largest absolute Gasteiger partial charge is 0.462 e. The number of aryl methyl sites for hydroxylation is 2. The van der Waals surface area contributed by atoms with Crippen molar-refractivity contribution in [3.8, 4) is 11.1 Å². The molecule has 138 valence electrons. The molecule has 0 bridgehead atoms. The van der Waals surface area contributed by atoms with Crippen molar-refractivity contribution in [2.24, 2.45) is 0 Å². The number of hydrogen-bond donors (Lipinski definition) is 0. The summed E-state index contributed by atoms with van der Waals surface area (Å²) in [6.07, 6.45) is 3.26. The molecular formula is C24H18BrNO2. The molecule has 2 aromatic heterocycles. The number of carbonyl (C=O) groups is 1. The van der Waals surface area contributed by atoms with Crippen LogP contribution in [0.4, 0.5) is 0 Å². The predicted octanol–water partition coefficient (Wildman–Crippen LogP) is 6.77. The van der Waals surface area contributed by atoms with Gasteiger partial charge in [-0.05, 0) is 61.9 Å². The summed E-state index contributed by atoms with van der Waals surface area (Å²) in [5.41, 5.74) is 4.06. The van der Waals surface area contributed by atoms with Crippen molar-refractivity contribution in [1.29, 1.82) is 0 Å². The van der Waals surface area contributed by atoms with Gasteiger partial charge in [0.05, 0.1) is 11.1 Å². The summed E-state index contributed by atoms with van der Waals surface area (Å²) in [7, 11) is 0. The van der Waals surface area contributed by atoms with Gasteiger partial charge >= 0.3 is 0 Å². The summed E-state index contributed by atoms with van der Waals surface area (Å²) in [6, 6.07) is 19.6. The molecule has 28 heavy (non-hydrogen) atoms. The molecule has 2 heterocycles. The smallest absolute Gasteiger partial charge is 0.188 e. The molecule has 0 amide bonds. The van der Waals surface area contributed by atoms with E-state index in [2.05, 4.69) is 20.9 Å². The molecule has 4 heteroatoms. The van der Waals surface area contributed by atoms with E-state index in [1.165, 1.54) is 0 Å². The Morgan fingerprint density at radius 1 is 1.04 bits per heavy atom. The fourth-order valence-electron chi connectivity index (χ4n) is 3.35. The Morgan fingerprint density at radius 3 is 2.54 bits per heavy atom. The summed E-state index contributed by atoms with van der Waals surface area (Å²) < 4.78 is 6.49. The van der Waals surface area contributed by atoms with Crippen LogP contribution in [0, 0.1) is 13.8 Å². The van der Waals surface area contributed by atoms with E-state index < -0.39 is 0 Å². The van der Waals surface area contributed by atoms with Crippen LogP contribution in [0.15, 0.2) is 75.6 Å². The van der Waals surface area contributed by atoms with Crippen LogP contribution in [0.2, 0.25) is 0 Å². The van der Waals surface area contributed by atoms with Gasteiger partial charge in [-0.3, -0.25) is 9.78 Å². The quantitative estimate of drug-likeness (QED) is 0.264. The average Bonchev–Trinajstić information content (AvgIpc) is 3.11. The number of ketones is 1. The molecule has 0 atom stereocenters. The van der Waals surface area contributed by atoms with Gasteiger partial charge in [-0.1, -0.05) is 46.3 Å². The number of fused-ring (bicyclic) bond motifs is 1. The zero-order chi connectivity index (χ0) is 19.7. The Labute approximate surface area is 171 Å². The number of pyridine rings is 1. The van der Waals surface area contributed by atoms with Gasteiger partial charge in [0.25, 0.3) is 0 Å². The van der Waals surface area contributed by atoms with Crippen LogP contribution >= 0.6 is 15.9 Å². The lowest BCUT2D eigenvalue weighted by Gasteiger charge is -2.14. The molecule has 4 aromatic rings. The van der Waals surface area contributed by atoms with Crippen LogP contribution in [0.5, 0.6) is 0 Å². The molecule has 0 saturated carbocycles. The van der Waals surface area contributed by atoms with E-state index in [4.69, 9.17) is 4.42 Å². The molecule has 0 radical (unpaired) electrons. The van der Waals surface area contributed by atoms with E-state index in [-0.39, 0.29) is 5.78 Å². The van der Waals surface area contributed by atoms with E-state index in [1.807, 2.05) is 74.5 Å². The maximum Gasteiger partial charge on any atom is 0.188 e. The summed E-state index contributed by atoms with van der Waals surface area (Å²) in [5, 5.41) is 0.941. The molecule has 0 saturated heterocycles. The first-order valence-corrected chi connectivity index (χ1v) is 9.76. The van der Waals surface area contributed by atoms with Crippen molar-refractivity contribution in [1.82, 2.24) is 4.98 Å². The number of furan rings is 1. The molecule has 0 fully saturated rings. The van der Waals surface area contributed by atoms with Gasteiger partial charge in [-0.25, -0.2) is 0 Å². The first-order chi connectivity index (χ1) is 13.5. The second kappa shape index (κ2) is 7.56. The topological polar surface area (TPSA) is 43.1 Å². The van der Waals surface area contributed by atoms with Crippen LogP contribution in [0.25, 0.3) is 28.1 Å². The normalized spacial score (nSPS) is 11.4. The van der Waals surface area contributed by atoms with Crippen molar-refractivity contribution >= 4 is 38.7 Å². The van der Waals surface area contributed by atoms with E-state index in [0.717, 1.165) is 32.3 Å². The predicted molar refractivity (Wildman–Crippen MR) is 116 cm³/mol. The minimum Gasteiger partial charge on any atom is -0.462 e. The third-order valence-corrected chi connectivity index (χ3v) is 5.09. The third kappa shape index (κ3) is 3.56. The zero-order valence-corrected chi connectivity index (χ0v) is 17.2. The molecule has 2 aromatic carbocycles. The highest BCUT2D eigenvalue weighted by molar-refractivity contribution is 9.10. The third-order valence-electron chi connectivity index (χ3n) is 4.60. The van der Waals surface area contributed by atoms with Crippen molar-refractivity contribution in [2.75, 3.05) is 0 Å². The van der Waals surface area contributed by atoms with Crippen molar-refractivity contribution < 1.29 is 9.21 Å². The first kappa shape index (κ1) is 18.4. The van der Waals surface area contributed by atoms with Crippen LogP contribution in [0.3, 0.4) is 0 Å². The van der Waals surface area contributed by atoms with Gasteiger partial charge in [0.2, 0.25) is 0 Å². The average molecular weight is 432 g/mol. The maximum absolute atomic E-state index is 13.2. The van der Waals surface area contributed by atoms with Crippen molar-refractivity contribution in [3.05, 3.63) is 94.0 Å². The summed E-state index contributed by atoms with van der Waals surface area (Å²) >= 11 is 3.54. The minimum absolute atomic E-state index is 0.0974. The zero-order valence-electron chi connectivity index (χ0n) is 15.6. The molecule has 3 nitrogen and oxygen atoms in total. The minimum atomic E-state index is -0.0974. The Kier molecular flexibility index (Phi) is 4.97. The number of halogens is 1. The highest BCUT2D eigenvalue weighted by Crippen LogP contribution is 2.35. The van der Waals surface area contributed by atoms with Crippen LogP contribution in [-0.4, -0.2) is 10.8 Å². The van der Waals surface area contributed by atoms with Gasteiger partial charge in [0.15, 0.2) is 5.78 Å². The Hall–Kier alpha value is -2.98. The number of hydrogen-bond acceptors (Lipinski definition) is 3. The fourth-order valence-corrected chi connectivity index (χ4v) is 3.71. The van der Waals surface area contributed by atoms with Crippen molar-refractivity contribution in [3.63, 3.8) is 0 Å². The number of aromatic nitrogens is 1. The second-order valence-corrected chi connectivity index (χ2v) is 7.54. The van der Waals surface area contributed by atoms with Gasteiger partial charge in [-0.2, -0.15) is 0 Å². The maximum atomic E-state index is 13.2. The number of allylic oxidation sites excluding steroid dienone is 1. The number of benzene rings is 2. The van der Waals surface area contributed by atoms with E-state index in [1.54, 1.807) is 12.2 Å². The van der Waals surface area contributed by atoms with Gasteiger partial charge in [0, 0.05) is 21.1 Å². The lowest BCUT2D eigenvalue weighted by atomic mass is 9.92. The summed E-state index contributed by atoms with van der Waals surface area (Å²) in [6.45, 7) is 3.76. The lowest BCUT2D eigenvalue weighted by molar-refractivity contribution is 0.104. The molecule has 0 aliphatic carbocycles. The van der Waals surface area contributed by atoms with Crippen LogP contribution in [-0.2, 0) is 0 Å². The monoisotopic (exact) mass is 431 g/mol. The number of rotatable bonds is 4. The van der Waals surface area contributed by atoms with Crippen molar-refractivity contribution in [2.45, 2.75) is 13.8 Å². The van der Waals surface area contributed by atoms with Crippen LogP contribution < -0.4 is 0 Å². The second-order valence-electron chi connectivity index (χ2n) is 6.62. The Morgan fingerprint density at radius 2 is 1.82 bits per heavy atom. The van der Waals surface area contributed by atoms with E-state index in [9.17, 15) is 4.79 Å². The highest BCUT2D eigenvalue weighted by Gasteiger charge is 2.19. The SMILES string of the molecule is Cc1ccc(/C=C\C(=O)c2c(C)nc3ccc(Br)cc3c2-c2ccccc2)o1. The molecular weight excluding hydrogens is 414 g/mol. The standard InChI is InChI=1S/C24H18BrNO2/c1-15-8-10-19(28-15)11-13-22(27)23-16(2)26-21-12-9-18(25)14-20(21)24(23)17-6-4-3-5-7-17/h3-14H,1-2H3/b13-11-. The Balaban J connectivity index is 1.93. The molecule has 0 aliphatic heterocycles. The fraction of sp³-hybridized carbons (Fsp3) is 0.0833. The number of nitrogens with zero attached hydrogens (tertiary/aromatic N) is 1.